The van der Waals surface area contributed by atoms with Crippen LogP contribution in [0.3, 0.4) is 0 Å². The van der Waals surface area contributed by atoms with E-state index in [0.717, 1.165) is 17.7 Å². The van der Waals surface area contributed by atoms with Crippen LogP contribution in [-0.4, -0.2) is 8.42 Å². The summed E-state index contributed by atoms with van der Waals surface area (Å²) in [7, 11) is -3.80. The Balaban J connectivity index is 2.05. The SMILES string of the molecule is O=S(=O)(c1ccc(F)cc1)N(Cc1ccccc1)c1ccccc1. The lowest BCUT2D eigenvalue weighted by Crippen LogP contribution is -2.30. The Morgan fingerprint density at radius 1 is 0.750 bits per heavy atom. The van der Waals surface area contributed by atoms with Crippen LogP contribution >= 0.6 is 0 Å². The Morgan fingerprint density at radius 2 is 1.29 bits per heavy atom. The molecule has 0 N–H and O–H groups in total. The number of benzene rings is 3. The predicted octanol–water partition coefficient (Wildman–Crippen LogP) is 4.22. The summed E-state index contributed by atoms with van der Waals surface area (Å²) < 4.78 is 40.6. The van der Waals surface area contributed by atoms with Gasteiger partial charge in [-0.25, -0.2) is 12.8 Å². The van der Waals surface area contributed by atoms with Gasteiger partial charge in [0.1, 0.15) is 5.82 Å². The first-order valence-electron chi connectivity index (χ1n) is 7.45. The lowest BCUT2D eigenvalue weighted by molar-refractivity contribution is 0.589. The molecule has 0 aliphatic rings. The van der Waals surface area contributed by atoms with E-state index < -0.39 is 15.8 Å². The van der Waals surface area contributed by atoms with Gasteiger partial charge in [-0.1, -0.05) is 48.5 Å². The monoisotopic (exact) mass is 341 g/mol. The third kappa shape index (κ3) is 3.46. The Bertz CT molecular complexity index is 895. The summed E-state index contributed by atoms with van der Waals surface area (Å²) in [5.41, 5.74) is 1.43. The fourth-order valence-corrected chi connectivity index (χ4v) is 3.85. The van der Waals surface area contributed by atoms with Crippen LogP contribution in [0.15, 0.2) is 89.8 Å². The van der Waals surface area contributed by atoms with E-state index in [-0.39, 0.29) is 11.4 Å². The summed E-state index contributed by atoms with van der Waals surface area (Å²) in [6, 6.07) is 23.1. The number of sulfonamides is 1. The van der Waals surface area contributed by atoms with Gasteiger partial charge in [0.15, 0.2) is 0 Å². The summed E-state index contributed by atoms with van der Waals surface area (Å²) in [6.45, 7) is 0.199. The molecule has 0 saturated heterocycles. The fourth-order valence-electron chi connectivity index (χ4n) is 2.39. The van der Waals surface area contributed by atoms with E-state index in [1.54, 1.807) is 24.3 Å². The Labute approximate surface area is 141 Å². The van der Waals surface area contributed by atoms with E-state index in [1.807, 2.05) is 36.4 Å². The maximum absolute atomic E-state index is 13.1. The highest BCUT2D eigenvalue weighted by molar-refractivity contribution is 7.92. The molecule has 0 saturated carbocycles. The highest BCUT2D eigenvalue weighted by atomic mass is 32.2. The minimum Gasteiger partial charge on any atom is -0.262 e. The van der Waals surface area contributed by atoms with Crippen LogP contribution in [-0.2, 0) is 16.6 Å². The average Bonchev–Trinajstić information content (AvgIpc) is 2.61. The molecule has 0 radical (unpaired) electrons. The van der Waals surface area contributed by atoms with Crippen molar-refractivity contribution in [3.8, 4) is 0 Å². The number of para-hydroxylation sites is 1. The molecule has 5 heteroatoms. The quantitative estimate of drug-likeness (QED) is 0.697. The van der Waals surface area contributed by atoms with Gasteiger partial charge in [0, 0.05) is 0 Å². The standard InChI is InChI=1S/C19H16FNO2S/c20-17-11-13-19(14-12-17)24(22,23)21(18-9-5-2-6-10-18)15-16-7-3-1-4-8-16/h1-14H,15H2. The summed E-state index contributed by atoms with van der Waals surface area (Å²) in [6.07, 6.45) is 0. The summed E-state index contributed by atoms with van der Waals surface area (Å²) in [4.78, 5) is 0.0590. The van der Waals surface area contributed by atoms with Crippen molar-refractivity contribution in [3.63, 3.8) is 0 Å². The van der Waals surface area contributed by atoms with Crippen LogP contribution in [0.1, 0.15) is 5.56 Å². The van der Waals surface area contributed by atoms with Gasteiger partial charge < -0.3 is 0 Å². The molecule has 0 unspecified atom stereocenters. The normalized spacial score (nSPS) is 11.2. The molecule has 3 aromatic rings. The van der Waals surface area contributed by atoms with Crippen molar-refractivity contribution in [2.75, 3.05) is 4.31 Å². The van der Waals surface area contributed by atoms with E-state index in [2.05, 4.69) is 0 Å². The molecule has 0 aliphatic carbocycles. The number of hydrogen-bond acceptors (Lipinski definition) is 2. The molecule has 0 amide bonds. The van der Waals surface area contributed by atoms with Crippen molar-refractivity contribution < 1.29 is 12.8 Å². The molecule has 3 aromatic carbocycles. The van der Waals surface area contributed by atoms with Gasteiger partial charge in [-0.05, 0) is 42.0 Å². The first kappa shape index (κ1) is 16.2. The maximum atomic E-state index is 13.1. The number of anilines is 1. The second kappa shape index (κ2) is 6.84. The molecule has 0 heterocycles. The summed E-state index contributed by atoms with van der Waals surface area (Å²) >= 11 is 0. The second-order valence-electron chi connectivity index (χ2n) is 5.29. The zero-order chi connectivity index (χ0) is 17.0. The van der Waals surface area contributed by atoms with Crippen LogP contribution in [0, 0.1) is 5.82 Å². The van der Waals surface area contributed by atoms with Crippen LogP contribution in [0.5, 0.6) is 0 Å². The van der Waals surface area contributed by atoms with Crippen molar-refractivity contribution in [1.29, 1.82) is 0 Å². The number of halogens is 1. The molecule has 0 spiro atoms. The molecule has 3 rings (SSSR count). The molecule has 0 aromatic heterocycles. The molecule has 0 bridgehead atoms. The molecule has 122 valence electrons. The smallest absolute Gasteiger partial charge is 0.262 e. The van der Waals surface area contributed by atoms with E-state index >= 15 is 0 Å². The van der Waals surface area contributed by atoms with E-state index in [4.69, 9.17) is 0 Å². The van der Waals surface area contributed by atoms with Crippen LogP contribution in [0.4, 0.5) is 10.1 Å². The minimum atomic E-state index is -3.80. The predicted molar refractivity (Wildman–Crippen MR) is 92.7 cm³/mol. The van der Waals surface area contributed by atoms with Crippen molar-refractivity contribution in [2.45, 2.75) is 11.4 Å². The number of nitrogens with zero attached hydrogens (tertiary/aromatic N) is 1. The zero-order valence-corrected chi connectivity index (χ0v) is 13.7. The first-order chi connectivity index (χ1) is 11.6. The van der Waals surface area contributed by atoms with Gasteiger partial charge >= 0.3 is 0 Å². The third-order valence-electron chi connectivity index (χ3n) is 3.61. The molecule has 0 fully saturated rings. The van der Waals surface area contributed by atoms with Crippen molar-refractivity contribution in [3.05, 3.63) is 96.3 Å². The van der Waals surface area contributed by atoms with Crippen molar-refractivity contribution >= 4 is 15.7 Å². The largest absolute Gasteiger partial charge is 0.264 e. The Hall–Kier alpha value is -2.66. The van der Waals surface area contributed by atoms with Gasteiger partial charge in [0.25, 0.3) is 10.0 Å². The van der Waals surface area contributed by atoms with E-state index in [1.165, 1.54) is 16.4 Å². The maximum Gasteiger partial charge on any atom is 0.264 e. The Morgan fingerprint density at radius 3 is 1.88 bits per heavy atom. The fraction of sp³-hybridized carbons (Fsp3) is 0.0526. The van der Waals surface area contributed by atoms with Gasteiger partial charge in [-0.15, -0.1) is 0 Å². The number of hydrogen-bond donors (Lipinski definition) is 0. The van der Waals surface area contributed by atoms with Crippen molar-refractivity contribution in [2.24, 2.45) is 0 Å². The van der Waals surface area contributed by atoms with E-state index in [9.17, 15) is 12.8 Å². The van der Waals surface area contributed by atoms with Gasteiger partial charge in [-0.3, -0.25) is 4.31 Å². The highest BCUT2D eigenvalue weighted by Crippen LogP contribution is 2.25. The van der Waals surface area contributed by atoms with E-state index in [0.29, 0.717) is 5.69 Å². The third-order valence-corrected chi connectivity index (χ3v) is 5.40. The van der Waals surface area contributed by atoms with Gasteiger partial charge in [-0.2, -0.15) is 0 Å². The molecule has 0 atom stereocenters. The highest BCUT2D eigenvalue weighted by Gasteiger charge is 2.25. The molecule has 3 nitrogen and oxygen atoms in total. The lowest BCUT2D eigenvalue weighted by atomic mass is 10.2. The first-order valence-corrected chi connectivity index (χ1v) is 8.89. The second-order valence-corrected chi connectivity index (χ2v) is 7.15. The zero-order valence-electron chi connectivity index (χ0n) is 12.8. The summed E-state index contributed by atoms with van der Waals surface area (Å²) in [5.74, 6) is -0.469. The Kier molecular flexibility index (Phi) is 4.62. The topological polar surface area (TPSA) is 37.4 Å². The van der Waals surface area contributed by atoms with Crippen LogP contribution in [0.2, 0.25) is 0 Å². The van der Waals surface area contributed by atoms with Crippen molar-refractivity contribution in [1.82, 2.24) is 0 Å². The molecule has 24 heavy (non-hydrogen) atoms. The van der Waals surface area contributed by atoms with Gasteiger partial charge in [0.05, 0.1) is 17.1 Å². The summed E-state index contributed by atoms with van der Waals surface area (Å²) in [5, 5.41) is 0. The minimum absolute atomic E-state index is 0.0590. The van der Waals surface area contributed by atoms with Crippen LogP contribution < -0.4 is 4.31 Å². The molecule has 0 aliphatic heterocycles. The lowest BCUT2D eigenvalue weighted by Gasteiger charge is -2.24. The van der Waals surface area contributed by atoms with Crippen LogP contribution in [0.25, 0.3) is 0 Å². The molecular formula is C19H16FNO2S. The van der Waals surface area contributed by atoms with Gasteiger partial charge in [0.2, 0.25) is 0 Å². The number of rotatable bonds is 5. The molecular weight excluding hydrogens is 325 g/mol. The average molecular weight is 341 g/mol.